The van der Waals surface area contributed by atoms with Gasteiger partial charge >= 0.3 is 0 Å². The maximum Gasteiger partial charge on any atom is 0.231 e. The molecule has 1 aliphatic carbocycles. The smallest absolute Gasteiger partial charge is 0.231 e. The first kappa shape index (κ1) is 12.3. The molecule has 0 heterocycles. The van der Waals surface area contributed by atoms with Crippen LogP contribution in [0, 0.1) is 23.1 Å². The molecule has 5 heteroatoms. The van der Waals surface area contributed by atoms with Gasteiger partial charge in [0.15, 0.2) is 0 Å². The largest absolute Gasteiger partial charge is 0.324 e. The Kier molecular flexibility index (Phi) is 3.40. The van der Waals surface area contributed by atoms with Crippen molar-refractivity contribution in [2.45, 2.75) is 12.5 Å². The fourth-order valence-electron chi connectivity index (χ4n) is 1.87. The number of benzene rings is 1. The number of anilines is 1. The topological polar surface area (TPSA) is 78.9 Å². The van der Waals surface area contributed by atoms with Gasteiger partial charge in [0.25, 0.3) is 0 Å². The van der Waals surface area contributed by atoms with Crippen molar-refractivity contribution < 1.29 is 9.18 Å². The molecule has 0 saturated carbocycles. The highest BCUT2D eigenvalue weighted by Crippen LogP contribution is 2.21. The third-order valence-electron chi connectivity index (χ3n) is 2.81. The van der Waals surface area contributed by atoms with E-state index >= 15 is 0 Å². The number of halogens is 1. The van der Waals surface area contributed by atoms with Crippen LogP contribution >= 0.6 is 0 Å². The Labute approximate surface area is 104 Å². The fraction of sp³-hybridized carbons (Fsp3) is 0.231. The molecule has 18 heavy (non-hydrogen) atoms. The van der Waals surface area contributed by atoms with E-state index in [1.165, 1.54) is 12.1 Å². The highest BCUT2D eigenvalue weighted by Gasteiger charge is 2.23. The second kappa shape index (κ2) is 4.98. The molecule has 1 aromatic rings. The van der Waals surface area contributed by atoms with Gasteiger partial charge in [-0.15, -0.1) is 0 Å². The highest BCUT2D eigenvalue weighted by atomic mass is 19.1. The Hall–Kier alpha value is -2.19. The Bertz CT molecular complexity index is 548. The molecule has 0 spiro atoms. The second-order valence-corrected chi connectivity index (χ2v) is 4.18. The summed E-state index contributed by atoms with van der Waals surface area (Å²) < 4.78 is 12.9. The average Bonchev–Trinajstić information content (AvgIpc) is 2.78. The van der Waals surface area contributed by atoms with Gasteiger partial charge in [-0.05, 0) is 24.6 Å². The number of nitrogens with zero attached hydrogens (tertiary/aromatic N) is 1. The van der Waals surface area contributed by atoms with E-state index in [0.717, 1.165) is 6.07 Å². The molecule has 1 amide bonds. The van der Waals surface area contributed by atoms with Gasteiger partial charge < -0.3 is 11.1 Å². The number of carbonyl (C=O) groups is 1. The number of nitrogens with one attached hydrogen (secondary N) is 1. The lowest BCUT2D eigenvalue weighted by Crippen LogP contribution is -2.24. The van der Waals surface area contributed by atoms with Gasteiger partial charge in [-0.2, -0.15) is 5.26 Å². The Morgan fingerprint density at radius 1 is 1.50 bits per heavy atom. The monoisotopic (exact) mass is 245 g/mol. The number of nitrogens with two attached hydrogens (primary N) is 1. The van der Waals surface area contributed by atoms with Crippen LogP contribution in [0.25, 0.3) is 0 Å². The van der Waals surface area contributed by atoms with Crippen LogP contribution in [0.15, 0.2) is 30.4 Å². The zero-order valence-electron chi connectivity index (χ0n) is 9.56. The van der Waals surface area contributed by atoms with E-state index in [0.29, 0.717) is 12.1 Å². The summed E-state index contributed by atoms with van der Waals surface area (Å²) in [5.74, 6) is -1.04. The molecule has 2 unspecified atom stereocenters. The minimum atomic E-state index is -0.507. The minimum Gasteiger partial charge on any atom is -0.324 e. The van der Waals surface area contributed by atoms with Crippen molar-refractivity contribution in [2.75, 3.05) is 5.32 Å². The van der Waals surface area contributed by atoms with Gasteiger partial charge in [0.1, 0.15) is 11.9 Å². The molecule has 3 N–H and O–H groups in total. The summed E-state index contributed by atoms with van der Waals surface area (Å²) >= 11 is 0. The summed E-state index contributed by atoms with van der Waals surface area (Å²) in [6, 6.07) is 5.41. The molecule has 1 aromatic carbocycles. The van der Waals surface area contributed by atoms with Gasteiger partial charge in [-0.3, -0.25) is 4.79 Å². The minimum absolute atomic E-state index is 0.106. The van der Waals surface area contributed by atoms with Gasteiger partial charge in [0.2, 0.25) is 5.91 Å². The van der Waals surface area contributed by atoms with Crippen molar-refractivity contribution in [3.8, 4) is 6.07 Å². The van der Waals surface area contributed by atoms with Crippen molar-refractivity contribution in [3.05, 3.63) is 41.7 Å². The molecule has 2 rings (SSSR count). The summed E-state index contributed by atoms with van der Waals surface area (Å²) in [5.41, 5.74) is 6.09. The predicted molar refractivity (Wildman–Crippen MR) is 65.0 cm³/mol. The first-order valence-corrected chi connectivity index (χ1v) is 5.54. The molecule has 0 radical (unpaired) electrons. The van der Waals surface area contributed by atoms with Crippen molar-refractivity contribution in [2.24, 2.45) is 11.7 Å². The number of rotatable bonds is 2. The zero-order valence-corrected chi connectivity index (χ0v) is 9.56. The molecule has 0 aliphatic heterocycles. The molecule has 1 aliphatic rings. The lowest BCUT2D eigenvalue weighted by Gasteiger charge is -2.11. The second-order valence-electron chi connectivity index (χ2n) is 4.18. The first-order valence-electron chi connectivity index (χ1n) is 5.54. The maximum atomic E-state index is 12.9. The van der Waals surface area contributed by atoms with Crippen molar-refractivity contribution in [3.63, 3.8) is 0 Å². The van der Waals surface area contributed by atoms with Crippen LogP contribution < -0.4 is 11.1 Å². The number of carbonyl (C=O) groups excluding carboxylic acids is 1. The van der Waals surface area contributed by atoms with Crippen molar-refractivity contribution in [1.82, 2.24) is 0 Å². The van der Waals surface area contributed by atoms with E-state index in [9.17, 15) is 9.18 Å². The number of hydrogen-bond donors (Lipinski definition) is 2. The van der Waals surface area contributed by atoms with E-state index in [-0.39, 0.29) is 23.4 Å². The van der Waals surface area contributed by atoms with Crippen molar-refractivity contribution in [1.29, 1.82) is 5.26 Å². The van der Waals surface area contributed by atoms with E-state index in [4.69, 9.17) is 11.0 Å². The Morgan fingerprint density at radius 2 is 2.28 bits per heavy atom. The highest BCUT2D eigenvalue weighted by molar-refractivity contribution is 5.95. The quantitative estimate of drug-likeness (QED) is 0.776. The van der Waals surface area contributed by atoms with E-state index in [1.54, 1.807) is 12.2 Å². The molecule has 0 bridgehead atoms. The maximum absolute atomic E-state index is 12.9. The summed E-state index contributed by atoms with van der Waals surface area (Å²) in [6.07, 6.45) is 4.07. The van der Waals surface area contributed by atoms with Crippen LogP contribution in [-0.4, -0.2) is 11.9 Å². The van der Waals surface area contributed by atoms with Crippen LogP contribution in [0.1, 0.15) is 12.0 Å². The fourth-order valence-corrected chi connectivity index (χ4v) is 1.87. The lowest BCUT2D eigenvalue weighted by molar-refractivity contribution is -0.118. The van der Waals surface area contributed by atoms with Gasteiger partial charge in [0, 0.05) is 6.04 Å². The number of nitriles is 1. The van der Waals surface area contributed by atoms with Crippen LogP contribution in [0.3, 0.4) is 0 Å². The Balaban J connectivity index is 2.13. The summed E-state index contributed by atoms with van der Waals surface area (Å²) in [5, 5.41) is 11.5. The van der Waals surface area contributed by atoms with E-state index < -0.39 is 5.82 Å². The summed E-state index contributed by atoms with van der Waals surface area (Å²) in [7, 11) is 0. The van der Waals surface area contributed by atoms with Gasteiger partial charge in [-0.25, -0.2) is 4.39 Å². The molecule has 2 atom stereocenters. The van der Waals surface area contributed by atoms with Gasteiger partial charge in [0.05, 0.1) is 17.2 Å². The molecule has 92 valence electrons. The van der Waals surface area contributed by atoms with Crippen molar-refractivity contribution >= 4 is 11.6 Å². The third-order valence-corrected chi connectivity index (χ3v) is 2.81. The SMILES string of the molecule is N#Cc1cc(F)ccc1NC(=O)C1C=CC(N)C1. The molecule has 0 fully saturated rings. The summed E-state index contributed by atoms with van der Waals surface area (Å²) in [6.45, 7) is 0. The summed E-state index contributed by atoms with van der Waals surface area (Å²) in [4.78, 5) is 11.9. The Morgan fingerprint density at radius 3 is 2.89 bits per heavy atom. The number of hydrogen-bond acceptors (Lipinski definition) is 3. The molecule has 4 nitrogen and oxygen atoms in total. The number of amides is 1. The van der Waals surface area contributed by atoms with Gasteiger partial charge in [-0.1, -0.05) is 12.2 Å². The lowest BCUT2D eigenvalue weighted by atomic mass is 10.1. The van der Waals surface area contributed by atoms with E-state index in [2.05, 4.69) is 5.32 Å². The third kappa shape index (κ3) is 2.55. The standard InChI is InChI=1S/C13H12FN3O/c14-10-2-4-12(9(5-10)7-15)17-13(18)8-1-3-11(16)6-8/h1-5,8,11H,6,16H2,(H,17,18). The molecular formula is C13H12FN3O. The molecule has 0 saturated heterocycles. The first-order chi connectivity index (χ1) is 8.60. The van der Waals surface area contributed by atoms with Crippen LogP contribution in [0.4, 0.5) is 10.1 Å². The zero-order chi connectivity index (χ0) is 13.1. The van der Waals surface area contributed by atoms with Crippen LogP contribution in [-0.2, 0) is 4.79 Å². The molecular weight excluding hydrogens is 233 g/mol. The normalized spacial score (nSPS) is 21.6. The molecule has 0 aromatic heterocycles. The van der Waals surface area contributed by atoms with Crippen LogP contribution in [0.5, 0.6) is 0 Å². The average molecular weight is 245 g/mol. The van der Waals surface area contributed by atoms with Crippen LogP contribution in [0.2, 0.25) is 0 Å². The predicted octanol–water partition coefficient (Wildman–Crippen LogP) is 1.54. The van der Waals surface area contributed by atoms with E-state index in [1.807, 2.05) is 6.07 Å².